The first kappa shape index (κ1) is 12.0. The van der Waals surface area contributed by atoms with Crippen LogP contribution in [0.4, 0.5) is 0 Å². The molecule has 0 aliphatic heterocycles. The maximum Gasteiger partial charge on any atom is 0.122 e. The van der Waals surface area contributed by atoms with E-state index in [0.29, 0.717) is 0 Å². The fraction of sp³-hybridized carbons (Fsp3) is 0.167. The number of rotatable bonds is 5. The summed E-state index contributed by atoms with van der Waals surface area (Å²) >= 11 is 1.30. The van der Waals surface area contributed by atoms with Gasteiger partial charge >= 0.3 is 0 Å². The zero-order chi connectivity index (χ0) is 11.3. The molecule has 0 aromatic heterocycles. The fourth-order valence-electron chi connectivity index (χ4n) is 1.07. The molecule has 0 spiro atoms. The van der Waals surface area contributed by atoms with Crippen LogP contribution >= 0.6 is 11.8 Å². The Bertz CT molecular complexity index is 332. The van der Waals surface area contributed by atoms with E-state index in [1.807, 2.05) is 24.3 Å². The van der Waals surface area contributed by atoms with Crippen molar-refractivity contribution in [3.8, 4) is 0 Å². The average Bonchev–Trinajstić information content (AvgIpc) is 2.29. The molecule has 2 atom stereocenters. The standard InChI is InChI=1S/C12H14O2S/c1-3-11(13)9-5-7-10(8-6-9)15-12(14)4-2/h3-8,11-14H,1-2H2. The van der Waals surface area contributed by atoms with Gasteiger partial charge in [0.05, 0.1) is 6.10 Å². The lowest BCUT2D eigenvalue weighted by Gasteiger charge is -2.08. The van der Waals surface area contributed by atoms with Crippen LogP contribution in [0.2, 0.25) is 0 Å². The van der Waals surface area contributed by atoms with Gasteiger partial charge < -0.3 is 10.2 Å². The lowest BCUT2D eigenvalue weighted by molar-refractivity contribution is 0.229. The van der Waals surface area contributed by atoms with E-state index in [4.69, 9.17) is 0 Å². The van der Waals surface area contributed by atoms with Crippen LogP contribution in [0.1, 0.15) is 11.7 Å². The van der Waals surface area contributed by atoms with Crippen LogP contribution in [-0.4, -0.2) is 15.6 Å². The molecule has 2 unspecified atom stereocenters. The van der Waals surface area contributed by atoms with E-state index >= 15 is 0 Å². The monoisotopic (exact) mass is 222 g/mol. The highest BCUT2D eigenvalue weighted by atomic mass is 32.2. The van der Waals surface area contributed by atoms with Crippen LogP contribution < -0.4 is 0 Å². The number of thioether (sulfide) groups is 1. The number of aliphatic hydroxyl groups is 2. The molecule has 0 amide bonds. The Morgan fingerprint density at radius 3 is 2.13 bits per heavy atom. The van der Waals surface area contributed by atoms with E-state index in [0.717, 1.165) is 10.5 Å². The molecule has 0 fully saturated rings. The SMILES string of the molecule is C=CC(O)Sc1ccc(C(O)C=C)cc1. The summed E-state index contributed by atoms with van der Waals surface area (Å²) in [4.78, 5) is 0.933. The topological polar surface area (TPSA) is 40.5 Å². The summed E-state index contributed by atoms with van der Waals surface area (Å²) in [6.07, 6.45) is 2.31. The Labute approximate surface area is 94.0 Å². The van der Waals surface area contributed by atoms with Gasteiger partial charge in [-0.05, 0) is 17.7 Å². The van der Waals surface area contributed by atoms with Gasteiger partial charge in [-0.2, -0.15) is 0 Å². The van der Waals surface area contributed by atoms with Crippen molar-refractivity contribution in [1.29, 1.82) is 0 Å². The molecule has 0 aliphatic carbocycles. The van der Waals surface area contributed by atoms with Crippen LogP contribution in [0.15, 0.2) is 54.5 Å². The van der Waals surface area contributed by atoms with E-state index in [1.165, 1.54) is 23.9 Å². The zero-order valence-corrected chi connectivity index (χ0v) is 9.15. The van der Waals surface area contributed by atoms with Crippen molar-refractivity contribution in [3.63, 3.8) is 0 Å². The largest absolute Gasteiger partial charge is 0.384 e. The highest BCUT2D eigenvalue weighted by Crippen LogP contribution is 2.24. The molecule has 0 aliphatic rings. The molecule has 2 nitrogen and oxygen atoms in total. The first-order valence-electron chi connectivity index (χ1n) is 4.55. The third-order valence-electron chi connectivity index (χ3n) is 1.90. The Balaban J connectivity index is 2.71. The summed E-state index contributed by atoms with van der Waals surface area (Å²) in [5.74, 6) is 0. The van der Waals surface area contributed by atoms with E-state index in [1.54, 1.807) is 0 Å². The quantitative estimate of drug-likeness (QED) is 0.457. The van der Waals surface area contributed by atoms with Crippen molar-refractivity contribution in [1.82, 2.24) is 0 Å². The molecule has 1 aromatic carbocycles. The van der Waals surface area contributed by atoms with Crippen molar-refractivity contribution < 1.29 is 10.2 Å². The van der Waals surface area contributed by atoms with Gasteiger partial charge in [0.25, 0.3) is 0 Å². The van der Waals surface area contributed by atoms with Crippen molar-refractivity contribution in [2.45, 2.75) is 16.4 Å². The fourth-order valence-corrected chi connectivity index (χ4v) is 1.74. The van der Waals surface area contributed by atoms with Crippen molar-refractivity contribution in [3.05, 3.63) is 55.1 Å². The second-order valence-corrected chi connectivity index (χ2v) is 4.18. The maximum atomic E-state index is 9.46. The van der Waals surface area contributed by atoms with Crippen molar-refractivity contribution in [2.75, 3.05) is 0 Å². The lowest BCUT2D eigenvalue weighted by atomic mass is 10.1. The Hall–Kier alpha value is -1.03. The Kier molecular flexibility index (Phi) is 4.62. The molecule has 1 rings (SSSR count). The second kappa shape index (κ2) is 5.75. The summed E-state index contributed by atoms with van der Waals surface area (Å²) in [5, 5.41) is 18.8. The minimum atomic E-state index is -0.631. The van der Waals surface area contributed by atoms with Crippen molar-refractivity contribution in [2.24, 2.45) is 0 Å². The van der Waals surface area contributed by atoms with Gasteiger partial charge in [-0.3, -0.25) is 0 Å². The van der Waals surface area contributed by atoms with Crippen LogP contribution in [0.25, 0.3) is 0 Å². The summed E-state index contributed by atoms with van der Waals surface area (Å²) in [7, 11) is 0. The van der Waals surface area contributed by atoms with E-state index in [9.17, 15) is 10.2 Å². The summed E-state index contributed by atoms with van der Waals surface area (Å²) < 4.78 is 0. The van der Waals surface area contributed by atoms with Gasteiger partial charge in [0.15, 0.2) is 0 Å². The van der Waals surface area contributed by atoms with Crippen LogP contribution in [0.3, 0.4) is 0 Å². The predicted molar refractivity (Wildman–Crippen MR) is 63.7 cm³/mol. The summed E-state index contributed by atoms with van der Waals surface area (Å²) in [6.45, 7) is 7.00. The molecule has 0 saturated heterocycles. The number of aliphatic hydroxyl groups excluding tert-OH is 2. The number of hydrogen-bond donors (Lipinski definition) is 2. The third kappa shape index (κ3) is 3.55. The average molecular weight is 222 g/mol. The first-order valence-corrected chi connectivity index (χ1v) is 5.43. The van der Waals surface area contributed by atoms with Gasteiger partial charge in [-0.15, -0.1) is 6.58 Å². The van der Waals surface area contributed by atoms with Gasteiger partial charge in [0, 0.05) is 4.90 Å². The second-order valence-electron chi connectivity index (χ2n) is 2.99. The third-order valence-corrected chi connectivity index (χ3v) is 2.88. The normalized spacial score (nSPS) is 14.3. The molecular weight excluding hydrogens is 208 g/mol. The van der Waals surface area contributed by atoms with Crippen LogP contribution in [0, 0.1) is 0 Å². The first-order chi connectivity index (χ1) is 7.17. The Morgan fingerprint density at radius 1 is 1.07 bits per heavy atom. The van der Waals surface area contributed by atoms with Gasteiger partial charge in [0.2, 0.25) is 0 Å². The molecule has 0 saturated carbocycles. The summed E-state index contributed by atoms with van der Waals surface area (Å²) in [5.41, 5.74) is 0.197. The number of hydrogen-bond acceptors (Lipinski definition) is 3. The summed E-state index contributed by atoms with van der Waals surface area (Å²) in [6, 6.07) is 7.31. The van der Waals surface area contributed by atoms with Gasteiger partial charge in [-0.1, -0.05) is 42.6 Å². The molecule has 0 bridgehead atoms. The zero-order valence-electron chi connectivity index (χ0n) is 8.34. The highest BCUT2D eigenvalue weighted by molar-refractivity contribution is 7.99. The molecule has 0 heterocycles. The Morgan fingerprint density at radius 2 is 1.67 bits per heavy atom. The van der Waals surface area contributed by atoms with Gasteiger partial charge in [0.1, 0.15) is 5.44 Å². The van der Waals surface area contributed by atoms with Crippen LogP contribution in [0.5, 0.6) is 0 Å². The molecule has 0 radical (unpaired) electrons. The van der Waals surface area contributed by atoms with Crippen LogP contribution in [-0.2, 0) is 0 Å². The minimum Gasteiger partial charge on any atom is -0.384 e. The van der Waals surface area contributed by atoms with E-state index < -0.39 is 11.5 Å². The minimum absolute atomic E-state index is 0.597. The van der Waals surface area contributed by atoms with E-state index in [2.05, 4.69) is 13.2 Å². The molecule has 80 valence electrons. The molecular formula is C12H14O2S. The molecule has 1 aromatic rings. The predicted octanol–water partition coefficient (Wildman–Crippen LogP) is 2.50. The molecule has 2 N–H and O–H groups in total. The maximum absolute atomic E-state index is 9.46. The highest BCUT2D eigenvalue weighted by Gasteiger charge is 2.04. The molecule has 15 heavy (non-hydrogen) atoms. The lowest BCUT2D eigenvalue weighted by Crippen LogP contribution is -1.95. The smallest absolute Gasteiger partial charge is 0.122 e. The van der Waals surface area contributed by atoms with Gasteiger partial charge in [-0.25, -0.2) is 0 Å². The molecule has 3 heteroatoms. The van der Waals surface area contributed by atoms with E-state index in [-0.39, 0.29) is 0 Å². The number of benzene rings is 1. The van der Waals surface area contributed by atoms with Crippen molar-refractivity contribution >= 4 is 11.8 Å².